The third-order valence-electron chi connectivity index (χ3n) is 4.75. The molecule has 2 aromatic carbocycles. The van der Waals surface area contributed by atoms with E-state index in [1.807, 2.05) is 30.3 Å². The fourth-order valence-electron chi connectivity index (χ4n) is 3.21. The molecular weight excluding hydrogens is 394 g/mol. The van der Waals surface area contributed by atoms with Crippen LogP contribution in [-0.2, 0) is 21.4 Å². The van der Waals surface area contributed by atoms with E-state index in [0.717, 1.165) is 24.5 Å². The van der Waals surface area contributed by atoms with Crippen molar-refractivity contribution in [1.29, 1.82) is 0 Å². The number of benzene rings is 2. The topological polar surface area (TPSA) is 102 Å². The van der Waals surface area contributed by atoms with Gasteiger partial charge in [0.2, 0.25) is 10.0 Å². The maximum absolute atomic E-state index is 13.0. The molecule has 0 unspecified atom stereocenters. The molecule has 156 valence electrons. The molecule has 9 heteroatoms. The highest BCUT2D eigenvalue weighted by Crippen LogP contribution is 2.30. The SMILES string of the molecule is O=[N+]([O-])c1ccc(NCCCOCc2ccccc2)c(S(=O)(=O)N2CCCC2)c1. The summed E-state index contributed by atoms with van der Waals surface area (Å²) in [5, 5.41) is 14.2. The molecule has 0 atom stereocenters. The number of nitro benzene ring substituents is 1. The molecule has 0 aliphatic carbocycles. The average Bonchev–Trinajstić information content (AvgIpc) is 3.27. The highest BCUT2D eigenvalue weighted by molar-refractivity contribution is 7.89. The van der Waals surface area contributed by atoms with Crippen LogP contribution in [0.4, 0.5) is 11.4 Å². The molecule has 1 saturated heterocycles. The van der Waals surface area contributed by atoms with Crippen LogP contribution in [0.25, 0.3) is 0 Å². The fourth-order valence-corrected chi connectivity index (χ4v) is 4.92. The zero-order valence-electron chi connectivity index (χ0n) is 16.1. The first-order valence-electron chi connectivity index (χ1n) is 9.62. The number of nitro groups is 1. The van der Waals surface area contributed by atoms with E-state index in [0.29, 0.717) is 45.0 Å². The van der Waals surface area contributed by atoms with E-state index < -0.39 is 14.9 Å². The Morgan fingerprint density at radius 1 is 1.10 bits per heavy atom. The lowest BCUT2D eigenvalue weighted by Gasteiger charge is -2.18. The summed E-state index contributed by atoms with van der Waals surface area (Å²) in [5.41, 5.74) is 1.24. The van der Waals surface area contributed by atoms with Gasteiger partial charge >= 0.3 is 0 Å². The van der Waals surface area contributed by atoms with Gasteiger partial charge < -0.3 is 10.1 Å². The maximum Gasteiger partial charge on any atom is 0.270 e. The van der Waals surface area contributed by atoms with Gasteiger partial charge in [-0.3, -0.25) is 10.1 Å². The highest BCUT2D eigenvalue weighted by atomic mass is 32.2. The number of anilines is 1. The Hall–Kier alpha value is -2.49. The molecule has 8 nitrogen and oxygen atoms in total. The van der Waals surface area contributed by atoms with Crippen LogP contribution >= 0.6 is 0 Å². The Labute approximate surface area is 170 Å². The predicted octanol–water partition coefficient (Wildman–Crippen LogP) is 3.40. The molecule has 0 spiro atoms. The van der Waals surface area contributed by atoms with E-state index in [1.54, 1.807) is 0 Å². The van der Waals surface area contributed by atoms with Crippen LogP contribution in [0.3, 0.4) is 0 Å². The number of sulfonamides is 1. The summed E-state index contributed by atoms with van der Waals surface area (Å²) in [4.78, 5) is 10.5. The quantitative estimate of drug-likeness (QED) is 0.360. The van der Waals surface area contributed by atoms with E-state index in [1.165, 1.54) is 16.4 Å². The standard InChI is InChI=1S/C20H25N3O5S/c24-23(25)18-9-10-19(20(15-18)29(26,27)22-12-4-5-13-22)21-11-6-14-28-16-17-7-2-1-3-8-17/h1-3,7-10,15,21H,4-6,11-14,16H2. The van der Waals surface area contributed by atoms with Gasteiger partial charge in [0.15, 0.2) is 0 Å². The van der Waals surface area contributed by atoms with Crippen molar-refractivity contribution in [3.63, 3.8) is 0 Å². The molecular formula is C20H25N3O5S. The summed E-state index contributed by atoms with van der Waals surface area (Å²) < 4.78 is 32.9. The second-order valence-electron chi connectivity index (χ2n) is 6.87. The van der Waals surface area contributed by atoms with Crippen molar-refractivity contribution in [2.24, 2.45) is 0 Å². The van der Waals surface area contributed by atoms with Crippen molar-refractivity contribution in [2.45, 2.75) is 30.8 Å². The molecule has 29 heavy (non-hydrogen) atoms. The summed E-state index contributed by atoms with van der Waals surface area (Å²) in [5.74, 6) is 0. The molecule has 1 heterocycles. The maximum atomic E-state index is 13.0. The van der Waals surface area contributed by atoms with Gasteiger partial charge in [-0.25, -0.2) is 8.42 Å². The van der Waals surface area contributed by atoms with Crippen LogP contribution in [0.1, 0.15) is 24.8 Å². The summed E-state index contributed by atoms with van der Waals surface area (Å²) >= 11 is 0. The van der Waals surface area contributed by atoms with Crippen LogP contribution < -0.4 is 5.32 Å². The van der Waals surface area contributed by atoms with Crippen LogP contribution in [0.2, 0.25) is 0 Å². The van der Waals surface area contributed by atoms with Gasteiger partial charge in [0.1, 0.15) is 4.90 Å². The number of rotatable bonds is 10. The lowest BCUT2D eigenvalue weighted by Crippen LogP contribution is -2.28. The minimum absolute atomic E-state index is 0.0428. The number of hydrogen-bond acceptors (Lipinski definition) is 6. The Morgan fingerprint density at radius 2 is 1.83 bits per heavy atom. The minimum atomic E-state index is -3.77. The molecule has 0 amide bonds. The summed E-state index contributed by atoms with van der Waals surface area (Å²) in [7, 11) is -3.77. The first-order valence-corrected chi connectivity index (χ1v) is 11.1. The van der Waals surface area contributed by atoms with Crippen LogP contribution in [-0.4, -0.2) is 43.9 Å². The predicted molar refractivity (Wildman–Crippen MR) is 110 cm³/mol. The number of non-ortho nitro benzene ring substituents is 1. The molecule has 1 fully saturated rings. The van der Waals surface area contributed by atoms with Gasteiger partial charge in [0.05, 0.1) is 17.2 Å². The van der Waals surface area contributed by atoms with Crippen molar-refractivity contribution < 1.29 is 18.1 Å². The van der Waals surface area contributed by atoms with Crippen LogP contribution in [0.5, 0.6) is 0 Å². The van der Waals surface area contributed by atoms with Gasteiger partial charge in [0, 0.05) is 38.4 Å². The Morgan fingerprint density at radius 3 is 2.52 bits per heavy atom. The normalized spacial score (nSPS) is 14.8. The highest BCUT2D eigenvalue weighted by Gasteiger charge is 2.30. The molecule has 0 bridgehead atoms. The van der Waals surface area contributed by atoms with Crippen molar-refractivity contribution in [1.82, 2.24) is 4.31 Å². The van der Waals surface area contributed by atoms with Crippen molar-refractivity contribution in [3.8, 4) is 0 Å². The lowest BCUT2D eigenvalue weighted by molar-refractivity contribution is -0.385. The third-order valence-corrected chi connectivity index (χ3v) is 6.69. The first kappa shape index (κ1) is 21.2. The van der Waals surface area contributed by atoms with Gasteiger partial charge in [0.25, 0.3) is 5.69 Å². The number of nitrogens with one attached hydrogen (secondary N) is 1. The number of ether oxygens (including phenoxy) is 1. The van der Waals surface area contributed by atoms with Gasteiger partial charge in [-0.2, -0.15) is 4.31 Å². The Bertz CT molecular complexity index is 928. The van der Waals surface area contributed by atoms with Crippen LogP contribution in [0.15, 0.2) is 53.4 Å². The van der Waals surface area contributed by atoms with Crippen molar-refractivity contribution >= 4 is 21.4 Å². The summed E-state index contributed by atoms with van der Waals surface area (Å²) in [6.45, 7) is 2.42. The molecule has 2 aromatic rings. The Kier molecular flexibility index (Phi) is 7.18. The van der Waals surface area contributed by atoms with E-state index in [9.17, 15) is 18.5 Å². The largest absolute Gasteiger partial charge is 0.384 e. The number of nitrogens with zero attached hydrogens (tertiary/aromatic N) is 2. The molecule has 0 saturated carbocycles. The first-order chi connectivity index (χ1) is 14.0. The van der Waals surface area contributed by atoms with Gasteiger partial charge in [-0.1, -0.05) is 30.3 Å². The smallest absolute Gasteiger partial charge is 0.270 e. The minimum Gasteiger partial charge on any atom is -0.384 e. The summed E-state index contributed by atoms with van der Waals surface area (Å²) in [6, 6.07) is 13.8. The van der Waals surface area contributed by atoms with Gasteiger partial charge in [-0.05, 0) is 30.9 Å². The van der Waals surface area contributed by atoms with E-state index in [2.05, 4.69) is 5.32 Å². The van der Waals surface area contributed by atoms with Crippen molar-refractivity contribution in [3.05, 3.63) is 64.2 Å². The molecule has 1 aliphatic heterocycles. The van der Waals surface area contributed by atoms with E-state index in [4.69, 9.17) is 4.74 Å². The van der Waals surface area contributed by atoms with Gasteiger partial charge in [-0.15, -0.1) is 0 Å². The molecule has 1 N–H and O–H groups in total. The molecule has 0 radical (unpaired) electrons. The number of hydrogen-bond donors (Lipinski definition) is 1. The fraction of sp³-hybridized carbons (Fsp3) is 0.400. The zero-order valence-corrected chi connectivity index (χ0v) is 16.9. The second kappa shape index (κ2) is 9.82. The zero-order chi connectivity index (χ0) is 20.7. The monoisotopic (exact) mass is 419 g/mol. The molecule has 0 aromatic heterocycles. The van der Waals surface area contributed by atoms with E-state index >= 15 is 0 Å². The lowest BCUT2D eigenvalue weighted by atomic mass is 10.2. The second-order valence-corrected chi connectivity index (χ2v) is 8.77. The summed E-state index contributed by atoms with van der Waals surface area (Å²) in [6.07, 6.45) is 2.28. The third kappa shape index (κ3) is 5.53. The Balaban J connectivity index is 1.61. The molecule has 1 aliphatic rings. The van der Waals surface area contributed by atoms with E-state index in [-0.39, 0.29) is 10.6 Å². The average molecular weight is 420 g/mol. The van der Waals surface area contributed by atoms with Crippen LogP contribution in [0, 0.1) is 10.1 Å². The molecule has 3 rings (SSSR count). The van der Waals surface area contributed by atoms with Crippen molar-refractivity contribution in [2.75, 3.05) is 31.6 Å².